The highest BCUT2D eigenvalue weighted by Crippen LogP contribution is 2.37. The van der Waals surface area contributed by atoms with Crippen LogP contribution >= 0.6 is 0 Å². The van der Waals surface area contributed by atoms with Crippen LogP contribution in [0.1, 0.15) is 51.0 Å². The number of rotatable bonds is 6. The molecule has 0 unspecified atom stereocenters. The molecule has 0 spiro atoms. The number of pyridine rings is 1. The molecule has 0 fully saturated rings. The van der Waals surface area contributed by atoms with Crippen molar-refractivity contribution in [3.8, 4) is 0 Å². The summed E-state index contributed by atoms with van der Waals surface area (Å²) in [5, 5.41) is 0. The normalized spacial score (nSPS) is 11.8. The number of carbonyl (C=O) groups excluding carboxylic acids is 2. The van der Waals surface area contributed by atoms with E-state index in [0.717, 1.165) is 7.11 Å². The van der Waals surface area contributed by atoms with Gasteiger partial charge in [-0.05, 0) is 17.8 Å². The summed E-state index contributed by atoms with van der Waals surface area (Å²) in [5.74, 6) is -2.92. The average Bonchev–Trinajstić information content (AvgIpc) is 2.57. The van der Waals surface area contributed by atoms with Crippen LogP contribution in [0.4, 0.5) is 39.2 Å². The highest BCUT2D eigenvalue weighted by atomic mass is 32.2. The summed E-state index contributed by atoms with van der Waals surface area (Å²) in [6.07, 6.45) is -5.44. The fourth-order valence-corrected chi connectivity index (χ4v) is 3.07. The highest BCUT2D eigenvalue weighted by molar-refractivity contribution is 7.94. The van der Waals surface area contributed by atoms with Gasteiger partial charge in [0.15, 0.2) is 5.69 Å². The van der Waals surface area contributed by atoms with Crippen molar-refractivity contribution >= 4 is 30.1 Å². The van der Waals surface area contributed by atoms with Crippen molar-refractivity contribution in [2.24, 2.45) is 0 Å². The number of aromatic nitrogens is 1. The molecule has 5 nitrogen and oxygen atoms in total. The Morgan fingerprint density at radius 1 is 1.06 bits per heavy atom. The first-order valence-corrected chi connectivity index (χ1v) is 10.3. The molecule has 0 aliphatic heterocycles. The molecule has 178 valence electrons. The number of methoxy groups -OCH3 is 1. The van der Waals surface area contributed by atoms with Gasteiger partial charge >= 0.3 is 25.4 Å². The summed E-state index contributed by atoms with van der Waals surface area (Å²) < 4.78 is 115. The van der Waals surface area contributed by atoms with Crippen molar-refractivity contribution in [1.29, 1.82) is 0 Å². The van der Waals surface area contributed by atoms with Gasteiger partial charge in [0.05, 0.1) is 37.4 Å². The van der Waals surface area contributed by atoms with E-state index in [1.54, 1.807) is 12.5 Å². The van der Waals surface area contributed by atoms with E-state index < -0.39 is 70.8 Å². The molecule has 16 heteroatoms. The van der Waals surface area contributed by atoms with E-state index in [2.05, 4.69) is 14.5 Å². The molecule has 0 bridgehead atoms. The summed E-state index contributed by atoms with van der Waals surface area (Å²) in [6.45, 7) is 1.13. The second kappa shape index (κ2) is 11.5. The number of ether oxygens (including phenoxy) is 2. The molecule has 31 heavy (non-hydrogen) atoms. The molecule has 1 heterocycles. The summed E-state index contributed by atoms with van der Waals surface area (Å²) in [7, 11) is -5.75. The van der Waals surface area contributed by atoms with Crippen LogP contribution in [-0.2, 0) is 32.3 Å². The van der Waals surface area contributed by atoms with Crippen molar-refractivity contribution in [2.75, 3.05) is 26.2 Å². The fourth-order valence-electron chi connectivity index (χ4n) is 2.20. The predicted molar refractivity (Wildman–Crippen MR) is 94.6 cm³/mol. The van der Waals surface area contributed by atoms with Crippen LogP contribution in [0.25, 0.3) is 0 Å². The number of hydrogen-bond donors (Lipinski definition) is 0. The van der Waals surface area contributed by atoms with Gasteiger partial charge < -0.3 is 26.7 Å². The molecule has 0 saturated carbocycles. The average molecular weight is 489 g/mol. The van der Waals surface area contributed by atoms with Crippen molar-refractivity contribution in [1.82, 2.24) is 4.98 Å². The first kappa shape index (κ1) is 28.9. The Balaban J connectivity index is 0.00000161. The van der Waals surface area contributed by atoms with Gasteiger partial charge in [-0.15, -0.1) is 0 Å². The first-order valence-electron chi connectivity index (χ1n) is 8.04. The minimum Gasteiger partial charge on any atom is -0.465 e. The zero-order valence-corrected chi connectivity index (χ0v) is 17.3. The molecule has 0 atom stereocenters. The van der Waals surface area contributed by atoms with Crippen molar-refractivity contribution in [3.63, 3.8) is 0 Å². The van der Waals surface area contributed by atoms with E-state index in [4.69, 9.17) is 0 Å². The number of hydrogen-bond acceptors (Lipinski definition) is 5. The lowest BCUT2D eigenvalue weighted by Crippen LogP contribution is -2.26. The predicted octanol–water partition coefficient (Wildman–Crippen LogP) is 4.68. The third kappa shape index (κ3) is 9.27. The third-order valence-corrected chi connectivity index (χ3v) is 3.97. The summed E-state index contributed by atoms with van der Waals surface area (Å²) in [4.78, 5) is 27.1. The lowest BCUT2D eigenvalue weighted by Gasteiger charge is -2.19. The Morgan fingerprint density at radius 3 is 1.87 bits per heavy atom. The van der Waals surface area contributed by atoms with Crippen LogP contribution in [0.2, 0.25) is 0 Å². The molecule has 0 amide bonds. The maximum Gasteiger partial charge on any atom is 0.673 e. The maximum absolute atomic E-state index is 13.4. The van der Waals surface area contributed by atoms with Crippen molar-refractivity contribution in [2.45, 2.75) is 25.3 Å². The van der Waals surface area contributed by atoms with Crippen LogP contribution in [0.5, 0.6) is 0 Å². The van der Waals surface area contributed by atoms with Gasteiger partial charge in [-0.1, -0.05) is 0 Å². The van der Waals surface area contributed by atoms with Gasteiger partial charge in [-0.2, -0.15) is 13.2 Å². The van der Waals surface area contributed by atoms with Crippen LogP contribution in [0.15, 0.2) is 0 Å². The third-order valence-electron chi connectivity index (χ3n) is 3.11. The van der Waals surface area contributed by atoms with Crippen LogP contribution in [0, 0.1) is 0 Å². The van der Waals surface area contributed by atoms with E-state index in [1.807, 2.05) is 0 Å². The summed E-state index contributed by atoms with van der Waals surface area (Å²) in [6, 6.07) is 0. The SMILES string of the molecule is CCOC(=O)c1c(C(F)(F)F)nc(C(F)F)c(C(=O)OC)c1C[S+](C)C.F[B-](F)(F)F. The first-order chi connectivity index (χ1) is 13.9. The topological polar surface area (TPSA) is 65.5 Å². The van der Waals surface area contributed by atoms with E-state index in [9.17, 15) is 48.8 Å². The Labute approximate surface area is 173 Å². The second-order valence-corrected chi connectivity index (χ2v) is 7.97. The molecule has 1 aromatic heterocycles. The minimum atomic E-state index is -6.00. The Hall–Kier alpha value is -2.13. The lowest BCUT2D eigenvalue weighted by molar-refractivity contribution is -0.142. The highest BCUT2D eigenvalue weighted by Gasteiger charge is 2.44. The molecule has 0 aliphatic rings. The molecule has 0 aromatic carbocycles. The monoisotopic (exact) mass is 489 g/mol. The zero-order chi connectivity index (χ0) is 24.7. The smallest absolute Gasteiger partial charge is 0.465 e. The quantitative estimate of drug-likeness (QED) is 0.252. The van der Waals surface area contributed by atoms with Crippen molar-refractivity contribution < 1.29 is 58.3 Å². The van der Waals surface area contributed by atoms with E-state index >= 15 is 0 Å². The van der Waals surface area contributed by atoms with Gasteiger partial charge in [0.1, 0.15) is 11.4 Å². The van der Waals surface area contributed by atoms with E-state index in [-0.39, 0.29) is 12.4 Å². The molecule has 0 aliphatic carbocycles. The number of nitrogens with zero attached hydrogens (tertiary/aromatic N) is 1. The largest absolute Gasteiger partial charge is 0.673 e. The zero-order valence-electron chi connectivity index (χ0n) is 16.5. The molecule has 1 aromatic rings. The Bertz CT molecular complexity index is 779. The van der Waals surface area contributed by atoms with Crippen LogP contribution < -0.4 is 0 Å². The molecule has 1 rings (SSSR count). The minimum absolute atomic E-state index is 0.232. The van der Waals surface area contributed by atoms with Crippen molar-refractivity contribution in [3.05, 3.63) is 28.1 Å². The van der Waals surface area contributed by atoms with Crippen LogP contribution in [-0.4, -0.2) is 50.4 Å². The second-order valence-electron chi connectivity index (χ2n) is 5.71. The molecular weight excluding hydrogens is 472 g/mol. The van der Waals surface area contributed by atoms with Gasteiger partial charge in [-0.3, -0.25) is 0 Å². The van der Waals surface area contributed by atoms with Gasteiger partial charge in [0, 0.05) is 5.56 Å². The molecule has 0 N–H and O–H groups in total. The lowest BCUT2D eigenvalue weighted by atomic mass is 9.98. The summed E-state index contributed by atoms with van der Waals surface area (Å²) in [5.41, 5.74) is -5.55. The number of alkyl halides is 5. The van der Waals surface area contributed by atoms with Gasteiger partial charge in [-0.25, -0.2) is 23.4 Å². The summed E-state index contributed by atoms with van der Waals surface area (Å²) >= 11 is 0. The van der Waals surface area contributed by atoms with Gasteiger partial charge in [0.2, 0.25) is 0 Å². The van der Waals surface area contributed by atoms with Crippen LogP contribution in [0.3, 0.4) is 0 Å². The fraction of sp³-hybridized carbons (Fsp3) is 0.533. The van der Waals surface area contributed by atoms with Gasteiger partial charge in [0.25, 0.3) is 6.43 Å². The maximum atomic E-state index is 13.4. The van der Waals surface area contributed by atoms with E-state index in [1.165, 1.54) is 6.92 Å². The number of carbonyl (C=O) groups is 2. The Kier molecular flexibility index (Phi) is 10.7. The number of esters is 2. The molecular formula is C15H17BF9NO4S. The Morgan fingerprint density at radius 2 is 1.55 bits per heavy atom. The van der Waals surface area contributed by atoms with E-state index in [0.29, 0.717) is 0 Å². The standard InChI is InChI=1S/C15H17F5NO4S.BF4/c1-5-25-14(23)9-7(6-26(3)4)8(13(22)24-2)10(12(16)17)21-11(9)15(18,19)20;2-1(3,4)5/h12H,5-6H2,1-4H3;/q+1;-1. The molecule has 0 saturated heterocycles. The number of halogens is 9. The molecule has 0 radical (unpaired) electrons.